The third-order valence-electron chi connectivity index (χ3n) is 6.44. The summed E-state index contributed by atoms with van der Waals surface area (Å²) in [6.45, 7) is 9.57. The molecule has 4 rings (SSSR count). The molecule has 2 amide bonds. The lowest BCUT2D eigenvalue weighted by Gasteiger charge is -2.34. The minimum absolute atomic E-state index is 0.117. The number of aryl methyl sites for hydroxylation is 2. The van der Waals surface area contributed by atoms with Crippen LogP contribution in [0.1, 0.15) is 43.5 Å². The number of amides is 2. The van der Waals surface area contributed by atoms with Gasteiger partial charge in [0.25, 0.3) is 0 Å². The molecule has 39 heavy (non-hydrogen) atoms. The topological polar surface area (TPSA) is 98.6 Å². The van der Waals surface area contributed by atoms with E-state index >= 15 is 0 Å². The van der Waals surface area contributed by atoms with Crippen molar-refractivity contribution >= 4 is 28.5 Å². The van der Waals surface area contributed by atoms with Crippen LogP contribution < -0.4 is 19.7 Å². The van der Waals surface area contributed by atoms with Gasteiger partial charge in [-0.1, -0.05) is 23.4 Å². The van der Waals surface area contributed by atoms with Crippen molar-refractivity contribution in [2.75, 3.05) is 19.1 Å². The van der Waals surface area contributed by atoms with Crippen LogP contribution in [0, 0.1) is 13.8 Å². The van der Waals surface area contributed by atoms with Crippen molar-refractivity contribution in [3.8, 4) is 11.5 Å². The van der Waals surface area contributed by atoms with Gasteiger partial charge in [0.1, 0.15) is 29.6 Å². The summed E-state index contributed by atoms with van der Waals surface area (Å²) in [6.07, 6.45) is 0. The Balaban J connectivity index is 1.90. The molecule has 0 aliphatic carbocycles. The Morgan fingerprint density at radius 3 is 2.23 bits per heavy atom. The Labute approximate surface area is 228 Å². The zero-order valence-electron chi connectivity index (χ0n) is 23.5. The Morgan fingerprint density at radius 2 is 1.62 bits per heavy atom. The first-order valence-electron chi connectivity index (χ1n) is 12.7. The zero-order chi connectivity index (χ0) is 28.3. The summed E-state index contributed by atoms with van der Waals surface area (Å²) in [5, 5.41) is 11.5. The normalized spacial score (nSPS) is 12.2. The van der Waals surface area contributed by atoms with Gasteiger partial charge in [0.05, 0.1) is 19.7 Å². The molecular formula is C30H35N5O4. The maximum atomic E-state index is 14.2. The molecule has 1 heterocycles. The number of nitrogens with one attached hydrogen (secondary N) is 1. The summed E-state index contributed by atoms with van der Waals surface area (Å²) in [5.74, 6) is 0.345. The lowest BCUT2D eigenvalue weighted by molar-refractivity contribution is -0.128. The van der Waals surface area contributed by atoms with Crippen LogP contribution in [-0.2, 0) is 16.1 Å². The van der Waals surface area contributed by atoms with Gasteiger partial charge in [-0.05, 0) is 87.7 Å². The molecule has 9 heteroatoms. The molecule has 3 aromatic carbocycles. The summed E-state index contributed by atoms with van der Waals surface area (Å²) < 4.78 is 12.6. The molecule has 1 aromatic heterocycles. The quantitative estimate of drug-likeness (QED) is 0.354. The van der Waals surface area contributed by atoms with Gasteiger partial charge in [-0.2, -0.15) is 0 Å². The van der Waals surface area contributed by atoms with E-state index in [1.165, 1.54) is 4.90 Å². The molecule has 0 aliphatic rings. The monoisotopic (exact) mass is 529 g/mol. The average Bonchev–Trinajstić information content (AvgIpc) is 3.30. The number of para-hydroxylation sites is 1. The number of benzene rings is 3. The smallest absolute Gasteiger partial charge is 0.249 e. The first-order chi connectivity index (χ1) is 18.5. The van der Waals surface area contributed by atoms with E-state index in [0.717, 1.165) is 16.6 Å². The van der Waals surface area contributed by atoms with E-state index in [2.05, 4.69) is 15.6 Å². The third kappa shape index (κ3) is 6.19. The van der Waals surface area contributed by atoms with Crippen molar-refractivity contribution in [3.05, 3.63) is 77.4 Å². The van der Waals surface area contributed by atoms with Crippen molar-refractivity contribution in [1.82, 2.24) is 20.3 Å². The first-order valence-corrected chi connectivity index (χ1v) is 12.7. The van der Waals surface area contributed by atoms with Crippen LogP contribution in [0.5, 0.6) is 11.5 Å². The molecule has 1 N–H and O–H groups in total. The fourth-order valence-electron chi connectivity index (χ4n) is 4.39. The van der Waals surface area contributed by atoms with E-state index in [0.29, 0.717) is 28.3 Å². The number of hydrogen-bond donors (Lipinski definition) is 1. The van der Waals surface area contributed by atoms with Gasteiger partial charge in [0.2, 0.25) is 11.8 Å². The predicted octanol–water partition coefficient (Wildman–Crippen LogP) is 4.75. The maximum absolute atomic E-state index is 14.2. The summed E-state index contributed by atoms with van der Waals surface area (Å²) in [7, 11) is 3.09. The molecule has 0 spiro atoms. The van der Waals surface area contributed by atoms with Crippen molar-refractivity contribution in [1.29, 1.82) is 0 Å². The molecule has 0 bridgehead atoms. The fourth-order valence-corrected chi connectivity index (χ4v) is 4.39. The van der Waals surface area contributed by atoms with Crippen LogP contribution in [0.15, 0.2) is 60.7 Å². The summed E-state index contributed by atoms with van der Waals surface area (Å²) in [5.41, 5.74) is 4.07. The maximum Gasteiger partial charge on any atom is 0.249 e. The summed E-state index contributed by atoms with van der Waals surface area (Å²) in [6, 6.07) is 17.4. The number of nitrogens with zero attached hydrogens (tertiary/aromatic N) is 4. The number of anilines is 1. The second-order valence-corrected chi connectivity index (χ2v) is 10.6. The van der Waals surface area contributed by atoms with Crippen LogP contribution in [0.3, 0.4) is 0 Å². The number of ether oxygens (including phenoxy) is 2. The SMILES string of the molecule is COc1cc(OC)cc([C@H](C(=O)NC(C)(C)C)N(C(=O)Cn2nnc3ccccc32)c2ccc(C)c(C)c2)c1. The minimum atomic E-state index is -1.03. The Hall–Kier alpha value is -4.40. The largest absolute Gasteiger partial charge is 0.497 e. The molecule has 0 unspecified atom stereocenters. The molecule has 0 fully saturated rings. The number of aromatic nitrogens is 3. The van der Waals surface area contributed by atoms with Gasteiger partial charge in [0, 0.05) is 17.3 Å². The minimum Gasteiger partial charge on any atom is -0.497 e. The number of methoxy groups -OCH3 is 2. The Bertz CT molecular complexity index is 1480. The molecule has 1 atom stereocenters. The second kappa shape index (κ2) is 11.1. The average molecular weight is 530 g/mol. The summed E-state index contributed by atoms with van der Waals surface area (Å²) in [4.78, 5) is 29.8. The molecular weight excluding hydrogens is 494 g/mol. The third-order valence-corrected chi connectivity index (χ3v) is 6.44. The van der Waals surface area contributed by atoms with Crippen LogP contribution in [-0.4, -0.2) is 46.6 Å². The zero-order valence-corrected chi connectivity index (χ0v) is 23.5. The highest BCUT2D eigenvalue weighted by Gasteiger charge is 2.35. The van der Waals surface area contributed by atoms with Gasteiger partial charge in [-0.3, -0.25) is 14.5 Å². The van der Waals surface area contributed by atoms with Gasteiger partial charge >= 0.3 is 0 Å². The molecule has 0 radical (unpaired) electrons. The van der Waals surface area contributed by atoms with Crippen LogP contribution in [0.2, 0.25) is 0 Å². The van der Waals surface area contributed by atoms with E-state index in [-0.39, 0.29) is 18.4 Å². The van der Waals surface area contributed by atoms with Crippen molar-refractivity contribution < 1.29 is 19.1 Å². The lowest BCUT2D eigenvalue weighted by Crippen LogP contribution is -2.50. The number of carbonyl (C=O) groups is 2. The molecule has 204 valence electrons. The van der Waals surface area contributed by atoms with Gasteiger partial charge in [-0.15, -0.1) is 5.10 Å². The van der Waals surface area contributed by atoms with Gasteiger partial charge < -0.3 is 14.8 Å². The molecule has 0 aliphatic heterocycles. The van der Waals surface area contributed by atoms with Crippen LogP contribution in [0.25, 0.3) is 11.0 Å². The molecule has 0 saturated carbocycles. The fraction of sp³-hybridized carbons (Fsp3) is 0.333. The molecule has 0 saturated heterocycles. The molecule has 9 nitrogen and oxygen atoms in total. The van der Waals surface area contributed by atoms with Crippen LogP contribution in [0.4, 0.5) is 5.69 Å². The molecule has 4 aromatic rings. The van der Waals surface area contributed by atoms with E-state index in [1.807, 2.05) is 77.1 Å². The highest BCUT2D eigenvalue weighted by molar-refractivity contribution is 6.02. The van der Waals surface area contributed by atoms with E-state index in [1.54, 1.807) is 37.1 Å². The first kappa shape index (κ1) is 27.6. The van der Waals surface area contributed by atoms with Crippen molar-refractivity contribution in [2.45, 2.75) is 52.7 Å². The number of hydrogen-bond acceptors (Lipinski definition) is 6. The highest BCUT2D eigenvalue weighted by atomic mass is 16.5. The van der Waals surface area contributed by atoms with E-state index < -0.39 is 11.6 Å². The number of fused-ring (bicyclic) bond motifs is 1. The van der Waals surface area contributed by atoms with Crippen molar-refractivity contribution in [2.24, 2.45) is 0 Å². The van der Waals surface area contributed by atoms with Crippen molar-refractivity contribution in [3.63, 3.8) is 0 Å². The van der Waals surface area contributed by atoms with Gasteiger partial charge in [0.15, 0.2) is 0 Å². The Morgan fingerprint density at radius 1 is 0.949 bits per heavy atom. The highest BCUT2D eigenvalue weighted by Crippen LogP contribution is 2.34. The van der Waals surface area contributed by atoms with Gasteiger partial charge in [-0.25, -0.2) is 4.68 Å². The summed E-state index contributed by atoms with van der Waals surface area (Å²) >= 11 is 0. The second-order valence-electron chi connectivity index (χ2n) is 10.6. The lowest BCUT2D eigenvalue weighted by atomic mass is 9.99. The van der Waals surface area contributed by atoms with E-state index in [9.17, 15) is 9.59 Å². The standard InChI is InChI=1S/C30H35N5O4/c1-19-12-13-22(14-20(19)2)35(27(36)18-34-26-11-9-8-10-25(26)32-33-34)28(29(37)31-30(3,4)5)21-15-23(38-6)17-24(16-21)39-7/h8-17,28H,18H2,1-7H3,(H,31,37)/t28-/m1/s1. The number of carbonyl (C=O) groups excluding carboxylic acids is 2. The predicted molar refractivity (Wildman–Crippen MR) is 151 cm³/mol. The van der Waals surface area contributed by atoms with Crippen LogP contribution >= 0.6 is 0 Å². The Kier molecular flexibility index (Phi) is 7.90. The number of rotatable bonds is 8. The van der Waals surface area contributed by atoms with E-state index in [4.69, 9.17) is 9.47 Å².